The first-order valence-electron chi connectivity index (χ1n) is 7.62. The highest BCUT2D eigenvalue weighted by molar-refractivity contribution is 9.10. The Kier molecular flexibility index (Phi) is 7.67. The second-order valence-corrected chi connectivity index (χ2v) is 7.10. The number of ether oxygens (including phenoxy) is 1. The number of benzene rings is 1. The highest BCUT2D eigenvalue weighted by Gasteiger charge is 2.19. The average molecular weight is 360 g/mol. The van der Waals surface area contributed by atoms with Crippen molar-refractivity contribution in [2.24, 2.45) is 5.41 Å². The summed E-state index contributed by atoms with van der Waals surface area (Å²) >= 11 is 3.25. The van der Waals surface area contributed by atoms with Crippen molar-refractivity contribution in [2.75, 3.05) is 20.2 Å². The van der Waals surface area contributed by atoms with E-state index in [0.29, 0.717) is 10.2 Å². The van der Waals surface area contributed by atoms with Crippen LogP contribution in [-0.4, -0.2) is 20.2 Å². The summed E-state index contributed by atoms with van der Waals surface area (Å²) in [5.74, 6) is 0.356. The molecule has 0 radical (unpaired) electrons. The van der Waals surface area contributed by atoms with E-state index in [9.17, 15) is 4.39 Å². The zero-order valence-corrected chi connectivity index (χ0v) is 15.1. The van der Waals surface area contributed by atoms with Crippen LogP contribution in [0.25, 0.3) is 0 Å². The fraction of sp³-hybridized carbons (Fsp3) is 0.647. The van der Waals surface area contributed by atoms with Gasteiger partial charge in [0.05, 0.1) is 11.6 Å². The van der Waals surface area contributed by atoms with E-state index in [-0.39, 0.29) is 11.2 Å². The topological polar surface area (TPSA) is 21.3 Å². The minimum absolute atomic E-state index is 0.257. The van der Waals surface area contributed by atoms with E-state index in [1.807, 2.05) is 6.07 Å². The van der Waals surface area contributed by atoms with Crippen molar-refractivity contribution >= 4 is 15.9 Å². The summed E-state index contributed by atoms with van der Waals surface area (Å²) < 4.78 is 19.3. The summed E-state index contributed by atoms with van der Waals surface area (Å²) in [5, 5.41) is 3.45. The van der Waals surface area contributed by atoms with Gasteiger partial charge in [-0.15, -0.1) is 0 Å². The molecular formula is C17H27BrFNO. The van der Waals surface area contributed by atoms with Crippen LogP contribution in [0.1, 0.15) is 45.6 Å². The Morgan fingerprint density at radius 3 is 2.57 bits per heavy atom. The Morgan fingerprint density at radius 1 is 1.24 bits per heavy atom. The van der Waals surface area contributed by atoms with Crippen LogP contribution in [0.2, 0.25) is 0 Å². The Bertz CT molecular complexity index is 449. The van der Waals surface area contributed by atoms with E-state index in [1.165, 1.54) is 12.5 Å². The van der Waals surface area contributed by atoms with Crippen LogP contribution >= 0.6 is 15.9 Å². The van der Waals surface area contributed by atoms with Crippen molar-refractivity contribution in [3.05, 3.63) is 28.0 Å². The molecule has 1 N–H and O–H groups in total. The lowest BCUT2D eigenvalue weighted by molar-refractivity contribution is 0.300. The molecule has 0 unspecified atom stereocenters. The maximum absolute atomic E-state index is 13.5. The van der Waals surface area contributed by atoms with Gasteiger partial charge in [0.25, 0.3) is 0 Å². The molecule has 0 fully saturated rings. The van der Waals surface area contributed by atoms with Gasteiger partial charge in [-0.1, -0.05) is 20.8 Å². The van der Waals surface area contributed by atoms with Crippen molar-refractivity contribution in [1.29, 1.82) is 0 Å². The second kappa shape index (κ2) is 8.74. The first-order valence-corrected chi connectivity index (χ1v) is 8.41. The van der Waals surface area contributed by atoms with E-state index in [0.717, 1.165) is 37.9 Å². The second-order valence-electron chi connectivity index (χ2n) is 6.24. The number of nitrogens with one attached hydrogen (secondary N) is 1. The molecule has 0 bridgehead atoms. The molecule has 1 aromatic carbocycles. The fourth-order valence-electron chi connectivity index (χ4n) is 2.28. The third-order valence-electron chi connectivity index (χ3n) is 3.80. The molecule has 1 rings (SSSR count). The van der Waals surface area contributed by atoms with Gasteiger partial charge < -0.3 is 10.1 Å². The van der Waals surface area contributed by atoms with Gasteiger partial charge in [0.2, 0.25) is 0 Å². The zero-order chi connectivity index (χ0) is 15.9. The molecule has 0 saturated carbocycles. The molecule has 0 heterocycles. The van der Waals surface area contributed by atoms with Gasteiger partial charge in [-0.3, -0.25) is 0 Å². The molecule has 0 saturated heterocycles. The Morgan fingerprint density at radius 2 is 1.95 bits per heavy atom. The van der Waals surface area contributed by atoms with E-state index >= 15 is 0 Å². The molecule has 120 valence electrons. The van der Waals surface area contributed by atoms with Gasteiger partial charge in [-0.2, -0.15) is 0 Å². The number of rotatable bonds is 9. The van der Waals surface area contributed by atoms with Gasteiger partial charge >= 0.3 is 0 Å². The minimum atomic E-state index is -0.279. The maximum Gasteiger partial charge on any atom is 0.141 e. The molecule has 1 aromatic rings. The summed E-state index contributed by atoms with van der Waals surface area (Å²) in [6, 6.07) is 3.29. The fourth-order valence-corrected chi connectivity index (χ4v) is 2.67. The average Bonchev–Trinajstić information content (AvgIpc) is 2.44. The standard InChI is InChI=1S/C17H27BrFNO/c1-5-9-20-10-8-17(2,3)7-6-13-11-14(18)15(19)12-16(13)21-4/h11-12,20H,5-10H2,1-4H3. The quantitative estimate of drug-likeness (QED) is 0.630. The number of hydrogen-bond acceptors (Lipinski definition) is 2. The number of aryl methyl sites for hydroxylation is 1. The molecule has 0 aliphatic carbocycles. The predicted octanol–water partition coefficient (Wildman–Crippen LogP) is 4.95. The normalized spacial score (nSPS) is 11.7. The van der Waals surface area contributed by atoms with Crippen molar-refractivity contribution in [2.45, 2.75) is 46.5 Å². The maximum atomic E-state index is 13.5. The van der Waals surface area contributed by atoms with Crippen LogP contribution in [0.5, 0.6) is 5.75 Å². The van der Waals surface area contributed by atoms with E-state index in [2.05, 4.69) is 42.0 Å². The Balaban J connectivity index is 2.59. The lowest BCUT2D eigenvalue weighted by Crippen LogP contribution is -2.23. The van der Waals surface area contributed by atoms with Crippen molar-refractivity contribution in [3.63, 3.8) is 0 Å². The highest BCUT2D eigenvalue weighted by atomic mass is 79.9. The summed E-state index contributed by atoms with van der Waals surface area (Å²) in [5.41, 5.74) is 1.31. The molecule has 21 heavy (non-hydrogen) atoms. The van der Waals surface area contributed by atoms with Crippen LogP contribution in [0, 0.1) is 11.2 Å². The summed E-state index contributed by atoms with van der Waals surface area (Å²) in [6.07, 6.45) is 4.25. The number of halogens is 2. The van der Waals surface area contributed by atoms with Crippen molar-refractivity contribution in [1.82, 2.24) is 5.32 Å². The van der Waals surface area contributed by atoms with Crippen LogP contribution in [0.15, 0.2) is 16.6 Å². The smallest absolute Gasteiger partial charge is 0.141 e. The molecule has 4 heteroatoms. The Labute approximate surface area is 136 Å². The van der Waals surface area contributed by atoms with Gasteiger partial charge in [0.15, 0.2) is 0 Å². The first kappa shape index (κ1) is 18.4. The number of hydrogen-bond donors (Lipinski definition) is 1. The largest absolute Gasteiger partial charge is 0.496 e. The molecule has 0 spiro atoms. The third-order valence-corrected chi connectivity index (χ3v) is 4.41. The Hall–Kier alpha value is -0.610. The number of methoxy groups -OCH3 is 1. The van der Waals surface area contributed by atoms with Crippen LogP contribution in [0.3, 0.4) is 0 Å². The highest BCUT2D eigenvalue weighted by Crippen LogP contribution is 2.32. The van der Waals surface area contributed by atoms with Crippen LogP contribution < -0.4 is 10.1 Å². The molecule has 0 atom stereocenters. The first-order chi connectivity index (χ1) is 9.89. The van der Waals surface area contributed by atoms with Gasteiger partial charge in [-0.05, 0) is 71.7 Å². The monoisotopic (exact) mass is 359 g/mol. The van der Waals surface area contributed by atoms with E-state index in [4.69, 9.17) is 4.74 Å². The summed E-state index contributed by atoms with van der Waals surface area (Å²) in [6.45, 7) is 8.87. The molecule has 0 amide bonds. The van der Waals surface area contributed by atoms with Gasteiger partial charge in [-0.25, -0.2) is 4.39 Å². The minimum Gasteiger partial charge on any atom is -0.496 e. The van der Waals surface area contributed by atoms with Gasteiger partial charge in [0.1, 0.15) is 11.6 Å². The van der Waals surface area contributed by atoms with Crippen LogP contribution in [-0.2, 0) is 6.42 Å². The predicted molar refractivity (Wildman–Crippen MR) is 90.5 cm³/mol. The lowest BCUT2D eigenvalue weighted by atomic mass is 9.83. The SMILES string of the molecule is CCCNCCC(C)(C)CCc1cc(Br)c(F)cc1OC. The molecular weight excluding hydrogens is 333 g/mol. The van der Waals surface area contributed by atoms with Crippen molar-refractivity contribution in [3.8, 4) is 5.75 Å². The molecule has 0 aromatic heterocycles. The van der Waals surface area contributed by atoms with E-state index < -0.39 is 0 Å². The summed E-state index contributed by atoms with van der Waals surface area (Å²) in [4.78, 5) is 0. The van der Waals surface area contributed by atoms with Crippen molar-refractivity contribution < 1.29 is 9.13 Å². The van der Waals surface area contributed by atoms with Crippen LogP contribution in [0.4, 0.5) is 4.39 Å². The lowest BCUT2D eigenvalue weighted by Gasteiger charge is -2.25. The molecule has 0 aliphatic heterocycles. The van der Waals surface area contributed by atoms with E-state index in [1.54, 1.807) is 7.11 Å². The molecule has 0 aliphatic rings. The third kappa shape index (κ3) is 6.35. The zero-order valence-electron chi connectivity index (χ0n) is 13.6. The summed E-state index contributed by atoms with van der Waals surface area (Å²) in [7, 11) is 1.59. The van der Waals surface area contributed by atoms with Gasteiger partial charge in [0, 0.05) is 6.07 Å². The molecule has 2 nitrogen and oxygen atoms in total.